The van der Waals surface area contributed by atoms with Crippen LogP contribution < -0.4 is 5.32 Å². The molecule has 6 N–H and O–H groups in total. The summed E-state index contributed by atoms with van der Waals surface area (Å²) in [6, 6.07) is -0.826. The van der Waals surface area contributed by atoms with Crippen LogP contribution in [-0.4, -0.2) is 87.5 Å². The van der Waals surface area contributed by atoms with Crippen molar-refractivity contribution in [1.82, 2.24) is 5.32 Å². The summed E-state index contributed by atoms with van der Waals surface area (Å²) in [6.07, 6.45) is 64.0. The van der Waals surface area contributed by atoms with Crippen LogP contribution in [-0.2, 0) is 14.3 Å². The monoisotopic (exact) mass is 1020 g/mol. The molecule has 422 valence electrons. The first-order valence-corrected chi connectivity index (χ1v) is 30.9. The van der Waals surface area contributed by atoms with E-state index in [2.05, 4.69) is 55.6 Å². The minimum absolute atomic E-state index is 0.191. The van der Waals surface area contributed by atoms with Gasteiger partial charge in [0.1, 0.15) is 24.4 Å². The number of carbonyl (C=O) groups is 1. The van der Waals surface area contributed by atoms with Crippen molar-refractivity contribution in [3.63, 3.8) is 0 Å². The van der Waals surface area contributed by atoms with Crippen molar-refractivity contribution in [2.75, 3.05) is 13.2 Å². The zero-order valence-corrected chi connectivity index (χ0v) is 46.9. The van der Waals surface area contributed by atoms with Crippen LogP contribution in [0.4, 0.5) is 0 Å². The van der Waals surface area contributed by atoms with Gasteiger partial charge in [0.05, 0.1) is 25.4 Å². The lowest BCUT2D eigenvalue weighted by Gasteiger charge is -2.40. The number of unbranched alkanes of at least 4 members (excludes halogenated alkanes) is 37. The second-order valence-corrected chi connectivity index (χ2v) is 21.4. The second kappa shape index (κ2) is 52.6. The highest BCUT2D eigenvalue weighted by Gasteiger charge is 2.44. The van der Waals surface area contributed by atoms with Crippen LogP contribution in [0.5, 0.6) is 0 Å². The third-order valence-electron chi connectivity index (χ3n) is 14.6. The fourth-order valence-electron chi connectivity index (χ4n) is 9.78. The lowest BCUT2D eigenvalue weighted by atomic mass is 9.99. The summed E-state index contributed by atoms with van der Waals surface area (Å²) in [5.74, 6) is -0.191. The number of allylic oxidation sites excluding steroid dienone is 7. The van der Waals surface area contributed by atoms with Crippen molar-refractivity contribution in [1.29, 1.82) is 0 Å². The number of rotatable bonds is 53. The van der Waals surface area contributed by atoms with E-state index in [9.17, 15) is 30.3 Å². The Kier molecular flexibility index (Phi) is 49.8. The van der Waals surface area contributed by atoms with Crippen molar-refractivity contribution in [2.24, 2.45) is 0 Å². The maximum absolute atomic E-state index is 13.0. The number of carbonyl (C=O) groups excluding carboxylic acids is 1. The predicted octanol–water partition coefficient (Wildman–Crippen LogP) is 15.7. The molecule has 0 bridgehead atoms. The van der Waals surface area contributed by atoms with Gasteiger partial charge in [0.25, 0.3) is 0 Å². The third-order valence-corrected chi connectivity index (χ3v) is 14.6. The van der Waals surface area contributed by atoms with Gasteiger partial charge in [-0.3, -0.25) is 4.79 Å². The van der Waals surface area contributed by atoms with Gasteiger partial charge in [0.15, 0.2) is 6.29 Å². The second-order valence-electron chi connectivity index (χ2n) is 21.4. The maximum atomic E-state index is 13.0. The van der Waals surface area contributed by atoms with Crippen molar-refractivity contribution < 1.29 is 39.8 Å². The lowest BCUT2D eigenvalue weighted by molar-refractivity contribution is -0.302. The molecular formula is C63H117NO8. The molecule has 0 aromatic rings. The fraction of sp³-hybridized carbons (Fsp3) is 0.857. The molecule has 0 saturated carbocycles. The van der Waals surface area contributed by atoms with E-state index in [0.717, 1.165) is 51.4 Å². The Morgan fingerprint density at radius 1 is 0.472 bits per heavy atom. The van der Waals surface area contributed by atoms with E-state index in [-0.39, 0.29) is 12.5 Å². The number of amides is 1. The van der Waals surface area contributed by atoms with Crippen molar-refractivity contribution in [3.05, 3.63) is 48.6 Å². The SMILES string of the molecule is CC/C=C/CC/C=C/CC/C=C/C(O)C(COC1OC(CO)C(O)C(O)C1O)NC(=O)CCCCCCCCCCCCCCCCCCC/C=C\CCCCCCCCCCCCCCCCCCCC. The number of aliphatic hydroxyl groups is 5. The number of hydrogen-bond donors (Lipinski definition) is 6. The molecule has 1 fully saturated rings. The zero-order chi connectivity index (χ0) is 52.2. The quantitative estimate of drug-likeness (QED) is 0.0261. The standard InChI is InChI=1S/C63H117NO8/c1-3-5-7-9-11-13-15-16-17-18-19-20-21-22-23-24-25-26-27-28-29-30-31-32-33-34-35-36-37-38-39-40-41-42-43-45-47-49-51-53-59(67)64-56(55-71-63-62(70)61(69)60(68)58(54-65)72-63)57(66)52-50-48-46-44-14-12-10-8-6-4-2/h6,8,14,28-29,44,50,52,56-58,60-63,65-66,68-70H,3-5,7,9-13,15-27,30-43,45-49,51,53-55H2,1-2H3,(H,64,67)/b8-6+,29-28-,44-14+,52-50+. The summed E-state index contributed by atoms with van der Waals surface area (Å²) >= 11 is 0. The molecule has 1 rings (SSSR count). The Morgan fingerprint density at radius 2 is 0.833 bits per heavy atom. The summed E-state index contributed by atoms with van der Waals surface area (Å²) in [5.41, 5.74) is 0. The van der Waals surface area contributed by atoms with Crippen LogP contribution in [0.2, 0.25) is 0 Å². The van der Waals surface area contributed by atoms with E-state index < -0.39 is 49.5 Å². The molecule has 1 aliphatic rings. The molecule has 1 saturated heterocycles. The number of ether oxygens (including phenoxy) is 2. The van der Waals surface area contributed by atoms with Crippen LogP contribution in [0.3, 0.4) is 0 Å². The minimum atomic E-state index is -1.57. The first-order valence-electron chi connectivity index (χ1n) is 30.9. The summed E-state index contributed by atoms with van der Waals surface area (Å²) in [4.78, 5) is 13.0. The Hall–Kier alpha value is -1.85. The molecule has 0 aromatic heterocycles. The predicted molar refractivity (Wildman–Crippen MR) is 304 cm³/mol. The van der Waals surface area contributed by atoms with Crippen molar-refractivity contribution in [3.8, 4) is 0 Å². The Bertz CT molecular complexity index is 1270. The number of hydrogen-bond acceptors (Lipinski definition) is 8. The average molecular weight is 1020 g/mol. The smallest absolute Gasteiger partial charge is 0.220 e. The van der Waals surface area contributed by atoms with Crippen LogP contribution >= 0.6 is 0 Å². The van der Waals surface area contributed by atoms with Crippen molar-refractivity contribution >= 4 is 5.91 Å². The first-order chi connectivity index (χ1) is 35.3. The average Bonchev–Trinajstić information content (AvgIpc) is 3.38. The van der Waals surface area contributed by atoms with Crippen LogP contribution in [0.15, 0.2) is 48.6 Å². The normalized spacial score (nSPS) is 19.5. The topological polar surface area (TPSA) is 149 Å². The molecule has 0 spiro atoms. The zero-order valence-electron chi connectivity index (χ0n) is 46.9. The van der Waals surface area contributed by atoms with E-state index >= 15 is 0 Å². The van der Waals surface area contributed by atoms with Gasteiger partial charge in [-0.2, -0.15) is 0 Å². The summed E-state index contributed by atoms with van der Waals surface area (Å²) in [7, 11) is 0. The highest BCUT2D eigenvalue weighted by molar-refractivity contribution is 5.76. The molecule has 7 atom stereocenters. The third kappa shape index (κ3) is 41.4. The summed E-state index contributed by atoms with van der Waals surface area (Å²) < 4.78 is 11.2. The Morgan fingerprint density at radius 3 is 1.24 bits per heavy atom. The molecule has 0 radical (unpaired) electrons. The van der Waals surface area contributed by atoms with Gasteiger partial charge in [0.2, 0.25) is 5.91 Å². The molecule has 0 aliphatic carbocycles. The molecule has 1 heterocycles. The summed E-state index contributed by atoms with van der Waals surface area (Å²) in [5, 5.41) is 54.2. The molecule has 9 heteroatoms. The van der Waals surface area contributed by atoms with Gasteiger partial charge in [0, 0.05) is 6.42 Å². The van der Waals surface area contributed by atoms with Crippen LogP contribution in [0, 0.1) is 0 Å². The Balaban J connectivity index is 2.00. The van der Waals surface area contributed by atoms with Crippen LogP contribution in [0.1, 0.15) is 290 Å². The fourth-order valence-corrected chi connectivity index (χ4v) is 9.78. The van der Waals surface area contributed by atoms with Gasteiger partial charge in [-0.25, -0.2) is 0 Å². The van der Waals surface area contributed by atoms with E-state index in [1.54, 1.807) is 6.08 Å². The van der Waals surface area contributed by atoms with Gasteiger partial charge >= 0.3 is 0 Å². The minimum Gasteiger partial charge on any atom is -0.394 e. The lowest BCUT2D eigenvalue weighted by Crippen LogP contribution is -2.60. The summed E-state index contributed by atoms with van der Waals surface area (Å²) in [6.45, 7) is 3.65. The van der Waals surface area contributed by atoms with E-state index in [1.807, 2.05) is 6.08 Å². The highest BCUT2D eigenvalue weighted by atomic mass is 16.7. The first kappa shape index (κ1) is 68.2. The Labute approximate surface area is 444 Å². The van der Waals surface area contributed by atoms with Crippen molar-refractivity contribution in [2.45, 2.75) is 333 Å². The molecule has 0 aromatic carbocycles. The molecule has 1 amide bonds. The van der Waals surface area contributed by atoms with Crippen LogP contribution in [0.25, 0.3) is 0 Å². The van der Waals surface area contributed by atoms with E-state index in [4.69, 9.17) is 9.47 Å². The largest absolute Gasteiger partial charge is 0.394 e. The van der Waals surface area contributed by atoms with Gasteiger partial charge in [-0.1, -0.05) is 268 Å². The maximum Gasteiger partial charge on any atom is 0.220 e. The molecule has 1 aliphatic heterocycles. The van der Waals surface area contributed by atoms with Gasteiger partial charge in [-0.05, 0) is 64.2 Å². The van der Waals surface area contributed by atoms with E-state index in [1.165, 1.54) is 218 Å². The van der Waals surface area contributed by atoms with Gasteiger partial charge in [-0.15, -0.1) is 0 Å². The molecule has 7 unspecified atom stereocenters. The number of aliphatic hydroxyl groups excluding tert-OH is 5. The van der Waals surface area contributed by atoms with E-state index in [0.29, 0.717) is 6.42 Å². The molecular weight excluding hydrogens is 899 g/mol. The number of nitrogens with one attached hydrogen (secondary N) is 1. The molecule has 72 heavy (non-hydrogen) atoms. The highest BCUT2D eigenvalue weighted by Crippen LogP contribution is 2.23. The molecule has 9 nitrogen and oxygen atoms in total. The van der Waals surface area contributed by atoms with Gasteiger partial charge < -0.3 is 40.3 Å².